The fourth-order valence-electron chi connectivity index (χ4n) is 2.34. The maximum atomic E-state index is 14.9. The third-order valence-corrected chi connectivity index (χ3v) is 3.24. The third kappa shape index (κ3) is 2.75. The van der Waals surface area contributed by atoms with Crippen molar-refractivity contribution in [1.82, 2.24) is 15.0 Å². The molecule has 0 fully saturated rings. The molecule has 0 atom stereocenters. The highest BCUT2D eigenvalue weighted by Gasteiger charge is 2.25. The number of anilines is 1. The van der Waals surface area contributed by atoms with Crippen LogP contribution in [0.3, 0.4) is 0 Å². The average molecular weight is 336 g/mol. The Balaban J connectivity index is 2.39. The van der Waals surface area contributed by atoms with Crippen molar-refractivity contribution in [1.29, 1.82) is 0 Å². The Kier molecular flexibility index (Phi) is 4.04. The van der Waals surface area contributed by atoms with E-state index in [0.29, 0.717) is 12.1 Å². The molecule has 0 aliphatic rings. The lowest BCUT2D eigenvalue weighted by Crippen LogP contribution is -2.14. The number of nitrogens with zero attached hydrogens (tertiary/aromatic N) is 3. The summed E-state index contributed by atoms with van der Waals surface area (Å²) in [4.78, 5) is 11.8. The molecule has 0 amide bonds. The van der Waals surface area contributed by atoms with Crippen LogP contribution in [0, 0.1) is 23.3 Å². The lowest BCUT2D eigenvalue weighted by molar-refractivity contribution is 0.545. The summed E-state index contributed by atoms with van der Waals surface area (Å²) >= 11 is 0. The van der Waals surface area contributed by atoms with Crippen molar-refractivity contribution in [3.8, 4) is 11.1 Å². The van der Waals surface area contributed by atoms with Crippen LogP contribution in [0.5, 0.6) is 0 Å². The van der Waals surface area contributed by atoms with Crippen molar-refractivity contribution in [3.63, 3.8) is 0 Å². The lowest BCUT2D eigenvalue weighted by Gasteiger charge is -2.16. The van der Waals surface area contributed by atoms with Crippen LogP contribution in [0.1, 0.15) is 13.8 Å². The van der Waals surface area contributed by atoms with Gasteiger partial charge in [0.25, 0.3) is 0 Å². The Hall–Kier alpha value is -2.77. The molecule has 0 bridgehead atoms. The SMILES string of the molecule is CC(C)Nc1nc2nccnc2c(F)c1-c1c(F)cc(F)cc1F. The molecular weight excluding hydrogens is 324 g/mol. The summed E-state index contributed by atoms with van der Waals surface area (Å²) in [6.07, 6.45) is 2.57. The molecule has 2 aromatic heterocycles. The summed E-state index contributed by atoms with van der Waals surface area (Å²) in [6, 6.07) is 0.770. The Labute approximate surface area is 134 Å². The highest BCUT2D eigenvalue weighted by molar-refractivity contribution is 5.86. The van der Waals surface area contributed by atoms with Crippen LogP contribution in [0.15, 0.2) is 24.5 Å². The van der Waals surface area contributed by atoms with Crippen LogP contribution in [0.2, 0.25) is 0 Å². The molecule has 124 valence electrons. The van der Waals surface area contributed by atoms with Crippen LogP contribution in [-0.4, -0.2) is 21.0 Å². The van der Waals surface area contributed by atoms with E-state index in [0.717, 1.165) is 0 Å². The second-order valence-corrected chi connectivity index (χ2v) is 5.42. The molecule has 0 unspecified atom stereocenters. The first-order valence-corrected chi connectivity index (χ1v) is 7.10. The van der Waals surface area contributed by atoms with Gasteiger partial charge in [-0.05, 0) is 13.8 Å². The number of aromatic nitrogens is 3. The van der Waals surface area contributed by atoms with Crippen LogP contribution >= 0.6 is 0 Å². The number of pyridine rings is 1. The summed E-state index contributed by atoms with van der Waals surface area (Å²) in [5.41, 5.74) is -1.40. The van der Waals surface area contributed by atoms with Crippen LogP contribution in [0.4, 0.5) is 23.4 Å². The van der Waals surface area contributed by atoms with Gasteiger partial charge in [-0.15, -0.1) is 0 Å². The van der Waals surface area contributed by atoms with E-state index in [9.17, 15) is 17.6 Å². The van der Waals surface area contributed by atoms with E-state index in [4.69, 9.17) is 0 Å². The Bertz CT molecular complexity index is 904. The lowest BCUT2D eigenvalue weighted by atomic mass is 10.0. The van der Waals surface area contributed by atoms with Crippen LogP contribution in [0.25, 0.3) is 22.3 Å². The van der Waals surface area contributed by atoms with E-state index in [1.807, 2.05) is 0 Å². The van der Waals surface area contributed by atoms with Gasteiger partial charge in [0.15, 0.2) is 11.5 Å². The Morgan fingerprint density at radius 3 is 2.17 bits per heavy atom. The van der Waals surface area contributed by atoms with Crippen molar-refractivity contribution < 1.29 is 17.6 Å². The zero-order chi connectivity index (χ0) is 17.4. The predicted molar refractivity (Wildman–Crippen MR) is 81.4 cm³/mol. The molecule has 8 heteroatoms. The molecule has 0 aliphatic carbocycles. The third-order valence-electron chi connectivity index (χ3n) is 3.24. The van der Waals surface area contributed by atoms with E-state index < -0.39 is 34.4 Å². The highest BCUT2D eigenvalue weighted by atomic mass is 19.1. The Morgan fingerprint density at radius 2 is 1.54 bits per heavy atom. The van der Waals surface area contributed by atoms with E-state index in [-0.39, 0.29) is 23.0 Å². The number of nitrogens with one attached hydrogen (secondary N) is 1. The average Bonchev–Trinajstić information content (AvgIpc) is 2.49. The summed E-state index contributed by atoms with van der Waals surface area (Å²) in [6.45, 7) is 3.50. The minimum Gasteiger partial charge on any atom is -0.367 e. The van der Waals surface area contributed by atoms with Gasteiger partial charge < -0.3 is 5.32 Å². The molecule has 0 radical (unpaired) electrons. The molecule has 3 rings (SSSR count). The van der Waals surface area contributed by atoms with Gasteiger partial charge in [-0.25, -0.2) is 32.5 Å². The summed E-state index contributed by atoms with van der Waals surface area (Å²) in [5, 5.41) is 2.83. The molecule has 1 aromatic carbocycles. The number of benzene rings is 1. The topological polar surface area (TPSA) is 50.7 Å². The molecule has 1 N–H and O–H groups in total. The summed E-state index contributed by atoms with van der Waals surface area (Å²) in [7, 11) is 0. The zero-order valence-corrected chi connectivity index (χ0v) is 12.7. The van der Waals surface area contributed by atoms with Crippen molar-refractivity contribution in [2.24, 2.45) is 0 Å². The van der Waals surface area contributed by atoms with Gasteiger partial charge in [-0.2, -0.15) is 0 Å². The zero-order valence-electron chi connectivity index (χ0n) is 12.7. The standard InChI is InChI=1S/C16H12F4N4/c1-7(2)23-15-12(11-9(18)5-8(17)6-10(11)19)13(20)14-16(24-15)22-4-3-21-14/h3-7H,1-2H3,(H,22,23,24). The van der Waals surface area contributed by atoms with Crippen molar-refractivity contribution >= 4 is 17.0 Å². The van der Waals surface area contributed by atoms with Gasteiger partial charge in [0.1, 0.15) is 28.8 Å². The minimum atomic E-state index is -1.23. The van der Waals surface area contributed by atoms with Crippen molar-refractivity contribution in [2.45, 2.75) is 19.9 Å². The molecule has 0 saturated carbocycles. The summed E-state index contributed by atoms with van der Waals surface area (Å²) < 4.78 is 56.4. The normalized spacial score (nSPS) is 11.3. The smallest absolute Gasteiger partial charge is 0.183 e. The number of hydrogen-bond donors (Lipinski definition) is 1. The fourth-order valence-corrected chi connectivity index (χ4v) is 2.34. The largest absolute Gasteiger partial charge is 0.367 e. The molecule has 0 saturated heterocycles. The molecule has 3 aromatic rings. The second kappa shape index (κ2) is 6.03. The van der Waals surface area contributed by atoms with Crippen molar-refractivity contribution in [2.75, 3.05) is 5.32 Å². The monoisotopic (exact) mass is 336 g/mol. The number of fused-ring (bicyclic) bond motifs is 1. The first-order chi connectivity index (χ1) is 11.4. The molecule has 2 heterocycles. The molecule has 24 heavy (non-hydrogen) atoms. The maximum absolute atomic E-state index is 14.9. The maximum Gasteiger partial charge on any atom is 0.183 e. The predicted octanol–water partition coefficient (Wildman–Crippen LogP) is 4.07. The van der Waals surface area contributed by atoms with Crippen LogP contribution < -0.4 is 5.32 Å². The highest BCUT2D eigenvalue weighted by Crippen LogP contribution is 2.36. The van der Waals surface area contributed by atoms with E-state index in [1.165, 1.54) is 12.4 Å². The Morgan fingerprint density at radius 1 is 0.917 bits per heavy atom. The van der Waals surface area contributed by atoms with Crippen LogP contribution in [-0.2, 0) is 0 Å². The fraction of sp³-hybridized carbons (Fsp3) is 0.188. The van der Waals surface area contributed by atoms with E-state index >= 15 is 0 Å². The minimum absolute atomic E-state index is 0.00942. The summed E-state index contributed by atoms with van der Waals surface area (Å²) in [5.74, 6) is -4.65. The molecule has 0 aliphatic heterocycles. The molecule has 0 spiro atoms. The van der Waals surface area contributed by atoms with E-state index in [1.54, 1.807) is 13.8 Å². The van der Waals surface area contributed by atoms with Gasteiger partial charge in [0.05, 0.1) is 11.1 Å². The number of rotatable bonds is 3. The van der Waals surface area contributed by atoms with Gasteiger partial charge in [0, 0.05) is 30.6 Å². The van der Waals surface area contributed by atoms with Crippen molar-refractivity contribution in [3.05, 3.63) is 47.8 Å². The second-order valence-electron chi connectivity index (χ2n) is 5.42. The number of halogens is 4. The quantitative estimate of drug-likeness (QED) is 0.733. The molecule has 4 nitrogen and oxygen atoms in total. The number of hydrogen-bond acceptors (Lipinski definition) is 4. The first-order valence-electron chi connectivity index (χ1n) is 7.10. The van der Waals surface area contributed by atoms with Gasteiger partial charge in [0.2, 0.25) is 0 Å². The van der Waals surface area contributed by atoms with Gasteiger partial charge >= 0.3 is 0 Å². The first kappa shape index (κ1) is 16.1. The van der Waals surface area contributed by atoms with Gasteiger partial charge in [-0.3, -0.25) is 0 Å². The van der Waals surface area contributed by atoms with E-state index in [2.05, 4.69) is 20.3 Å². The molecular formula is C16H12F4N4. The van der Waals surface area contributed by atoms with Gasteiger partial charge in [-0.1, -0.05) is 0 Å².